The Kier molecular flexibility index (Phi) is 3.69. The van der Waals surface area contributed by atoms with E-state index in [2.05, 4.69) is 22.2 Å². The highest BCUT2D eigenvalue weighted by molar-refractivity contribution is 5.28. The van der Waals surface area contributed by atoms with Crippen LogP contribution >= 0.6 is 0 Å². The zero-order chi connectivity index (χ0) is 13.9. The van der Waals surface area contributed by atoms with Crippen LogP contribution in [0.15, 0.2) is 24.3 Å². The second-order valence-corrected chi connectivity index (χ2v) is 5.29. The van der Waals surface area contributed by atoms with Gasteiger partial charge in [-0.2, -0.15) is 5.10 Å². The minimum absolute atomic E-state index is 0.540. The van der Waals surface area contributed by atoms with Crippen LogP contribution in [0, 0.1) is 5.92 Å². The Balaban J connectivity index is 1.73. The van der Waals surface area contributed by atoms with E-state index >= 15 is 0 Å². The summed E-state index contributed by atoms with van der Waals surface area (Å²) in [6, 6.07) is 8.05. The molecule has 0 bridgehead atoms. The summed E-state index contributed by atoms with van der Waals surface area (Å²) >= 11 is 0. The van der Waals surface area contributed by atoms with Crippen LogP contribution in [0.5, 0.6) is 5.75 Å². The van der Waals surface area contributed by atoms with E-state index in [4.69, 9.17) is 10.5 Å². The van der Waals surface area contributed by atoms with Crippen molar-refractivity contribution in [3.05, 3.63) is 41.5 Å². The van der Waals surface area contributed by atoms with E-state index in [1.807, 2.05) is 16.8 Å². The van der Waals surface area contributed by atoms with E-state index < -0.39 is 0 Å². The number of hydrogen-bond acceptors (Lipinski definition) is 4. The lowest BCUT2D eigenvalue weighted by Crippen LogP contribution is -2.27. The van der Waals surface area contributed by atoms with Gasteiger partial charge in [-0.1, -0.05) is 12.1 Å². The lowest BCUT2D eigenvalue weighted by molar-refractivity contribution is 0.349. The Hall–Kier alpha value is -1.88. The topological polar surface area (TPSA) is 66.0 Å². The summed E-state index contributed by atoms with van der Waals surface area (Å²) in [6.07, 6.45) is 2.87. The fraction of sp³-hybridized carbons (Fsp3) is 0.467. The second kappa shape index (κ2) is 5.63. The minimum atomic E-state index is 0.540. The molecule has 1 atom stereocenters. The van der Waals surface area contributed by atoms with Crippen LogP contribution in [0.25, 0.3) is 0 Å². The normalized spacial score (nSPS) is 17.8. The first-order chi connectivity index (χ1) is 9.78. The molecule has 0 aliphatic carbocycles. The number of nitrogens with zero attached hydrogens (tertiary/aromatic N) is 3. The molecular formula is C15H20N4O. The van der Waals surface area contributed by atoms with Gasteiger partial charge >= 0.3 is 0 Å². The van der Waals surface area contributed by atoms with Gasteiger partial charge in [-0.15, -0.1) is 0 Å². The maximum atomic E-state index is 5.74. The van der Waals surface area contributed by atoms with Crippen molar-refractivity contribution in [2.24, 2.45) is 11.7 Å². The van der Waals surface area contributed by atoms with Crippen LogP contribution in [0.3, 0.4) is 0 Å². The predicted octanol–water partition coefficient (Wildman–Crippen LogP) is 1.40. The maximum Gasteiger partial charge on any atom is 0.155 e. The number of aromatic nitrogens is 3. The molecule has 0 radical (unpaired) electrons. The lowest BCUT2D eigenvalue weighted by Gasteiger charge is -2.20. The van der Waals surface area contributed by atoms with E-state index in [-0.39, 0.29) is 0 Å². The van der Waals surface area contributed by atoms with Crippen LogP contribution in [-0.2, 0) is 19.4 Å². The monoisotopic (exact) mass is 272 g/mol. The SMILES string of the molecule is COc1ccc(Cc2nc3n(n2)CC(CN)CC3)cc1. The Labute approximate surface area is 118 Å². The smallest absolute Gasteiger partial charge is 0.155 e. The van der Waals surface area contributed by atoms with Gasteiger partial charge in [0.25, 0.3) is 0 Å². The van der Waals surface area contributed by atoms with Crippen molar-refractivity contribution in [2.75, 3.05) is 13.7 Å². The molecule has 2 N–H and O–H groups in total. The number of fused-ring (bicyclic) bond motifs is 1. The highest BCUT2D eigenvalue weighted by Crippen LogP contribution is 2.19. The highest BCUT2D eigenvalue weighted by Gasteiger charge is 2.20. The van der Waals surface area contributed by atoms with Crippen LogP contribution in [0.2, 0.25) is 0 Å². The number of benzene rings is 1. The quantitative estimate of drug-likeness (QED) is 0.913. The Morgan fingerprint density at radius 1 is 1.35 bits per heavy atom. The third-order valence-electron chi connectivity index (χ3n) is 3.85. The van der Waals surface area contributed by atoms with Crippen LogP contribution < -0.4 is 10.5 Å². The molecule has 0 fully saturated rings. The second-order valence-electron chi connectivity index (χ2n) is 5.29. The molecule has 5 nitrogen and oxygen atoms in total. The lowest BCUT2D eigenvalue weighted by atomic mass is 10.0. The summed E-state index contributed by atoms with van der Waals surface area (Å²) in [4.78, 5) is 4.64. The standard InChI is InChI=1S/C15H20N4O/c1-20-13-5-2-11(3-6-13)8-14-17-15-7-4-12(9-16)10-19(15)18-14/h2-3,5-6,12H,4,7-10,16H2,1H3. The van der Waals surface area contributed by atoms with Gasteiger partial charge < -0.3 is 10.5 Å². The largest absolute Gasteiger partial charge is 0.497 e. The summed E-state index contributed by atoms with van der Waals surface area (Å²) in [6.45, 7) is 1.63. The van der Waals surface area contributed by atoms with Crippen molar-refractivity contribution < 1.29 is 4.74 Å². The van der Waals surface area contributed by atoms with E-state index in [9.17, 15) is 0 Å². The zero-order valence-electron chi connectivity index (χ0n) is 11.7. The van der Waals surface area contributed by atoms with Gasteiger partial charge in [-0.3, -0.25) is 0 Å². The van der Waals surface area contributed by atoms with Crippen LogP contribution in [0.4, 0.5) is 0 Å². The molecule has 0 saturated heterocycles. The molecule has 1 aromatic heterocycles. The number of aryl methyl sites for hydroxylation is 1. The molecule has 20 heavy (non-hydrogen) atoms. The molecule has 1 unspecified atom stereocenters. The van der Waals surface area contributed by atoms with Gasteiger partial charge in [0.15, 0.2) is 5.82 Å². The fourth-order valence-corrected chi connectivity index (χ4v) is 2.62. The van der Waals surface area contributed by atoms with Crippen molar-refractivity contribution in [3.8, 4) is 5.75 Å². The van der Waals surface area contributed by atoms with Crippen molar-refractivity contribution in [3.63, 3.8) is 0 Å². The molecule has 3 rings (SSSR count). The average molecular weight is 272 g/mol. The molecule has 106 valence electrons. The fourth-order valence-electron chi connectivity index (χ4n) is 2.62. The molecule has 1 aromatic carbocycles. The molecule has 0 amide bonds. The molecule has 0 saturated carbocycles. The van der Waals surface area contributed by atoms with Gasteiger partial charge in [0, 0.05) is 19.4 Å². The van der Waals surface area contributed by atoms with E-state index in [0.29, 0.717) is 5.92 Å². The van der Waals surface area contributed by atoms with E-state index in [1.54, 1.807) is 7.11 Å². The Morgan fingerprint density at radius 3 is 2.85 bits per heavy atom. The number of methoxy groups -OCH3 is 1. The number of rotatable bonds is 4. The molecule has 1 aliphatic rings. The first-order valence-corrected chi connectivity index (χ1v) is 7.04. The molecule has 2 aromatic rings. The van der Waals surface area contributed by atoms with Crippen molar-refractivity contribution in [2.45, 2.75) is 25.8 Å². The summed E-state index contributed by atoms with van der Waals surface area (Å²) < 4.78 is 7.19. The summed E-state index contributed by atoms with van der Waals surface area (Å²) in [5.41, 5.74) is 6.94. The van der Waals surface area contributed by atoms with Gasteiger partial charge in [0.05, 0.1) is 7.11 Å². The Morgan fingerprint density at radius 2 is 2.15 bits per heavy atom. The molecule has 2 heterocycles. The molecular weight excluding hydrogens is 252 g/mol. The average Bonchev–Trinajstić information content (AvgIpc) is 2.89. The minimum Gasteiger partial charge on any atom is -0.497 e. The van der Waals surface area contributed by atoms with Crippen LogP contribution in [-0.4, -0.2) is 28.4 Å². The number of hydrogen-bond donors (Lipinski definition) is 1. The molecule has 5 heteroatoms. The van der Waals surface area contributed by atoms with Gasteiger partial charge in [-0.25, -0.2) is 9.67 Å². The van der Waals surface area contributed by atoms with E-state index in [1.165, 1.54) is 5.56 Å². The highest BCUT2D eigenvalue weighted by atomic mass is 16.5. The number of nitrogens with two attached hydrogens (primary N) is 1. The maximum absolute atomic E-state index is 5.74. The van der Waals surface area contributed by atoms with Crippen molar-refractivity contribution in [1.82, 2.24) is 14.8 Å². The third-order valence-corrected chi connectivity index (χ3v) is 3.85. The molecule has 0 spiro atoms. The first kappa shape index (κ1) is 13.1. The van der Waals surface area contributed by atoms with Crippen LogP contribution in [0.1, 0.15) is 23.6 Å². The van der Waals surface area contributed by atoms with Gasteiger partial charge in [-0.05, 0) is 36.6 Å². The summed E-state index contributed by atoms with van der Waals surface area (Å²) in [5.74, 6) is 3.40. The third kappa shape index (κ3) is 2.67. The summed E-state index contributed by atoms with van der Waals surface area (Å²) in [5, 5.41) is 4.61. The molecule has 1 aliphatic heterocycles. The van der Waals surface area contributed by atoms with Gasteiger partial charge in [0.2, 0.25) is 0 Å². The van der Waals surface area contributed by atoms with Crippen molar-refractivity contribution in [1.29, 1.82) is 0 Å². The summed E-state index contributed by atoms with van der Waals surface area (Å²) in [7, 11) is 1.67. The zero-order valence-corrected chi connectivity index (χ0v) is 11.7. The first-order valence-electron chi connectivity index (χ1n) is 7.04. The van der Waals surface area contributed by atoms with Gasteiger partial charge in [0.1, 0.15) is 11.6 Å². The van der Waals surface area contributed by atoms with E-state index in [0.717, 1.165) is 49.8 Å². The Bertz CT molecular complexity index is 576. The predicted molar refractivity (Wildman–Crippen MR) is 76.7 cm³/mol. The van der Waals surface area contributed by atoms with Crippen molar-refractivity contribution >= 4 is 0 Å². The number of ether oxygens (including phenoxy) is 1.